The van der Waals surface area contributed by atoms with Crippen molar-refractivity contribution in [1.29, 1.82) is 0 Å². The van der Waals surface area contributed by atoms with E-state index >= 15 is 0 Å². The number of nitrogens with zero attached hydrogens (tertiary/aromatic N) is 2. The maximum atomic E-state index is 13.9. The molecule has 0 unspecified atom stereocenters. The molecule has 0 saturated carbocycles. The molecule has 0 aromatic heterocycles. The molecule has 3 aromatic carbocycles. The lowest BCUT2D eigenvalue weighted by Gasteiger charge is -2.33. The van der Waals surface area contributed by atoms with Crippen LogP contribution >= 0.6 is 0 Å². The molecule has 0 spiro atoms. The first-order valence-electron chi connectivity index (χ1n) is 12.8. The summed E-state index contributed by atoms with van der Waals surface area (Å²) in [4.78, 5) is 29.0. The lowest BCUT2D eigenvalue weighted by Crippen LogP contribution is -2.48. The molecule has 2 amide bonds. The van der Waals surface area contributed by atoms with E-state index in [4.69, 9.17) is 0 Å². The van der Waals surface area contributed by atoms with Crippen LogP contribution < -0.4 is 5.32 Å². The van der Waals surface area contributed by atoms with Gasteiger partial charge in [-0.25, -0.2) is 8.42 Å². The van der Waals surface area contributed by atoms with Gasteiger partial charge in [-0.15, -0.1) is 0 Å². The average molecular weight is 536 g/mol. The van der Waals surface area contributed by atoms with Crippen molar-refractivity contribution in [3.63, 3.8) is 0 Å². The summed E-state index contributed by atoms with van der Waals surface area (Å²) in [7, 11) is -3.71. The highest BCUT2D eigenvalue weighted by Crippen LogP contribution is 2.25. The lowest BCUT2D eigenvalue weighted by molar-refractivity contribution is -0.141. The predicted molar refractivity (Wildman–Crippen MR) is 150 cm³/mol. The molecule has 0 radical (unpaired) electrons. The summed E-state index contributed by atoms with van der Waals surface area (Å²) in [5.74, 6) is -0.341. The van der Waals surface area contributed by atoms with Crippen LogP contribution in [-0.2, 0) is 32.7 Å². The molecule has 0 heterocycles. The highest BCUT2D eigenvalue weighted by atomic mass is 32.2. The Hall–Kier alpha value is -3.49. The number of amides is 2. The highest BCUT2D eigenvalue weighted by molar-refractivity contribution is 7.88. The van der Waals surface area contributed by atoms with Crippen LogP contribution in [0.5, 0.6) is 0 Å². The maximum Gasteiger partial charge on any atom is 0.247 e. The number of benzene rings is 3. The fourth-order valence-corrected chi connectivity index (χ4v) is 4.84. The fraction of sp³-hybridized carbons (Fsp3) is 0.333. The van der Waals surface area contributed by atoms with Gasteiger partial charge in [-0.1, -0.05) is 105 Å². The van der Waals surface area contributed by atoms with Gasteiger partial charge < -0.3 is 10.2 Å². The minimum absolute atomic E-state index is 0.0567. The number of hydrogen-bond acceptors (Lipinski definition) is 4. The standard InChI is InChI=1S/C30H37N3O4S/c1-24(2)19-20-31-30(35)29(27-17-11-6-12-18-27)33(22-26-15-9-5-10-16-26)28(34)23-32(38(3,36)37)21-25-13-7-4-8-14-25/h4-18,24,29H,19-23H2,1-3H3,(H,31,35)/t29-/m0/s1. The average Bonchev–Trinajstić information content (AvgIpc) is 2.89. The molecule has 3 rings (SSSR count). The Labute approximate surface area is 226 Å². The first-order chi connectivity index (χ1) is 18.1. The summed E-state index contributed by atoms with van der Waals surface area (Å²) in [5.41, 5.74) is 2.27. The van der Waals surface area contributed by atoms with Gasteiger partial charge >= 0.3 is 0 Å². The third-order valence-corrected chi connectivity index (χ3v) is 7.39. The van der Waals surface area contributed by atoms with Crippen molar-refractivity contribution in [3.05, 3.63) is 108 Å². The van der Waals surface area contributed by atoms with E-state index in [-0.39, 0.29) is 25.5 Å². The van der Waals surface area contributed by atoms with Crippen molar-refractivity contribution < 1.29 is 18.0 Å². The summed E-state index contributed by atoms with van der Waals surface area (Å²) in [6.45, 7) is 4.47. The van der Waals surface area contributed by atoms with E-state index in [0.29, 0.717) is 18.0 Å². The molecule has 0 aliphatic carbocycles. The Morgan fingerprint density at radius 2 is 1.29 bits per heavy atom. The minimum atomic E-state index is -3.71. The van der Waals surface area contributed by atoms with Gasteiger partial charge in [0, 0.05) is 19.6 Å². The van der Waals surface area contributed by atoms with Crippen LogP contribution in [0.4, 0.5) is 0 Å². The zero-order valence-electron chi connectivity index (χ0n) is 22.3. The normalized spacial score (nSPS) is 12.3. The van der Waals surface area contributed by atoms with Gasteiger partial charge in [0.1, 0.15) is 6.04 Å². The second-order valence-corrected chi connectivity index (χ2v) is 11.8. The summed E-state index contributed by atoms with van der Waals surface area (Å²) in [6.07, 6.45) is 1.90. The SMILES string of the molecule is CC(C)CCNC(=O)[C@H](c1ccccc1)N(Cc1ccccc1)C(=O)CN(Cc1ccccc1)S(C)(=O)=O. The van der Waals surface area contributed by atoms with Crippen LogP contribution in [0.2, 0.25) is 0 Å². The predicted octanol–water partition coefficient (Wildman–Crippen LogP) is 4.38. The van der Waals surface area contributed by atoms with Crippen LogP contribution in [-0.4, -0.2) is 48.8 Å². The fourth-order valence-electron chi connectivity index (χ4n) is 4.11. The molecule has 0 bridgehead atoms. The van der Waals surface area contributed by atoms with Gasteiger partial charge in [-0.2, -0.15) is 4.31 Å². The molecule has 1 N–H and O–H groups in total. The molecular formula is C30H37N3O4S. The van der Waals surface area contributed by atoms with Crippen LogP contribution in [0.1, 0.15) is 43.0 Å². The zero-order chi connectivity index (χ0) is 27.5. The summed E-state index contributed by atoms with van der Waals surface area (Å²) in [6, 6.07) is 26.8. The molecule has 8 heteroatoms. The van der Waals surface area contributed by atoms with Crippen molar-refractivity contribution in [1.82, 2.24) is 14.5 Å². The maximum absolute atomic E-state index is 13.9. The molecule has 0 aliphatic heterocycles. The van der Waals surface area contributed by atoms with E-state index in [1.807, 2.05) is 91.0 Å². The third kappa shape index (κ3) is 8.82. The van der Waals surface area contributed by atoms with Crippen LogP contribution in [0.25, 0.3) is 0 Å². The minimum Gasteiger partial charge on any atom is -0.354 e. The quantitative estimate of drug-likeness (QED) is 0.352. The monoisotopic (exact) mass is 535 g/mol. The number of sulfonamides is 1. The smallest absolute Gasteiger partial charge is 0.247 e. The van der Waals surface area contributed by atoms with Crippen LogP contribution in [0, 0.1) is 5.92 Å². The van der Waals surface area contributed by atoms with Crippen molar-refractivity contribution in [2.75, 3.05) is 19.3 Å². The second kappa shape index (κ2) is 13.9. The number of rotatable bonds is 13. The summed E-state index contributed by atoms with van der Waals surface area (Å²) >= 11 is 0. The van der Waals surface area contributed by atoms with Gasteiger partial charge in [0.15, 0.2) is 0 Å². The van der Waals surface area contributed by atoms with E-state index < -0.39 is 22.0 Å². The molecule has 202 valence electrons. The highest BCUT2D eigenvalue weighted by Gasteiger charge is 2.33. The topological polar surface area (TPSA) is 86.8 Å². The van der Waals surface area contributed by atoms with Gasteiger partial charge in [-0.05, 0) is 29.0 Å². The molecule has 38 heavy (non-hydrogen) atoms. The van der Waals surface area contributed by atoms with Crippen molar-refractivity contribution >= 4 is 21.8 Å². The first-order valence-corrected chi connectivity index (χ1v) is 14.6. The molecule has 0 fully saturated rings. The van der Waals surface area contributed by atoms with Crippen molar-refractivity contribution in [3.8, 4) is 0 Å². The molecular weight excluding hydrogens is 498 g/mol. The van der Waals surface area contributed by atoms with Crippen molar-refractivity contribution in [2.45, 2.75) is 39.4 Å². The Balaban J connectivity index is 1.97. The van der Waals surface area contributed by atoms with Crippen molar-refractivity contribution in [2.24, 2.45) is 5.92 Å². The Morgan fingerprint density at radius 1 is 0.789 bits per heavy atom. The number of nitrogens with one attached hydrogen (secondary N) is 1. The molecule has 1 atom stereocenters. The van der Waals surface area contributed by atoms with Crippen LogP contribution in [0.15, 0.2) is 91.0 Å². The zero-order valence-corrected chi connectivity index (χ0v) is 23.1. The number of hydrogen-bond donors (Lipinski definition) is 1. The van der Waals surface area contributed by atoms with Crippen LogP contribution in [0.3, 0.4) is 0 Å². The lowest BCUT2D eigenvalue weighted by atomic mass is 10.0. The van der Waals surface area contributed by atoms with E-state index in [9.17, 15) is 18.0 Å². The Kier molecular flexibility index (Phi) is 10.6. The number of carbonyl (C=O) groups is 2. The van der Waals surface area contributed by atoms with Gasteiger partial charge in [0.2, 0.25) is 21.8 Å². The third-order valence-electron chi connectivity index (χ3n) is 6.19. The molecule has 7 nitrogen and oxygen atoms in total. The number of carbonyl (C=O) groups excluding carboxylic acids is 2. The van der Waals surface area contributed by atoms with E-state index in [0.717, 1.165) is 28.1 Å². The Bertz CT molecular complexity index is 1270. The largest absolute Gasteiger partial charge is 0.354 e. The summed E-state index contributed by atoms with van der Waals surface area (Å²) < 4.78 is 26.6. The second-order valence-electron chi connectivity index (χ2n) is 9.81. The van der Waals surface area contributed by atoms with Gasteiger partial charge in [0.25, 0.3) is 0 Å². The van der Waals surface area contributed by atoms with E-state index in [1.165, 1.54) is 4.90 Å². The molecule has 0 saturated heterocycles. The summed E-state index contributed by atoms with van der Waals surface area (Å²) in [5, 5.41) is 2.99. The van der Waals surface area contributed by atoms with E-state index in [2.05, 4.69) is 19.2 Å². The van der Waals surface area contributed by atoms with E-state index in [1.54, 1.807) is 0 Å². The van der Waals surface area contributed by atoms with Gasteiger partial charge in [-0.3, -0.25) is 9.59 Å². The molecule has 0 aliphatic rings. The molecule has 3 aromatic rings. The first kappa shape index (κ1) is 29.1. The Morgan fingerprint density at radius 3 is 1.79 bits per heavy atom. The van der Waals surface area contributed by atoms with Gasteiger partial charge in [0.05, 0.1) is 12.8 Å².